The van der Waals surface area contributed by atoms with Crippen LogP contribution >= 0.6 is 0 Å². The van der Waals surface area contributed by atoms with Crippen molar-refractivity contribution in [3.8, 4) is 0 Å². The normalized spacial score (nSPS) is 16.6. The number of carbonyl (C=O) groups is 2. The van der Waals surface area contributed by atoms with Gasteiger partial charge in [0.15, 0.2) is 0 Å². The first-order valence-corrected chi connectivity index (χ1v) is 10.5. The molecule has 1 aliphatic heterocycles. The van der Waals surface area contributed by atoms with Crippen molar-refractivity contribution >= 4 is 22.7 Å². The Bertz CT molecular complexity index is 1050. The molecule has 1 saturated heterocycles. The third-order valence-corrected chi connectivity index (χ3v) is 5.81. The van der Waals surface area contributed by atoms with Crippen LogP contribution in [0.5, 0.6) is 0 Å². The quantitative estimate of drug-likeness (QED) is 0.657. The van der Waals surface area contributed by atoms with Gasteiger partial charge in [0.25, 0.3) is 0 Å². The molecule has 1 aromatic heterocycles. The number of likely N-dealkylation sites (tertiary alicyclic amines) is 1. The molecule has 0 spiro atoms. The maximum absolute atomic E-state index is 13.7. The summed E-state index contributed by atoms with van der Waals surface area (Å²) in [6.45, 7) is 1.51. The number of halogens is 1. The second kappa shape index (κ2) is 9.11. The van der Waals surface area contributed by atoms with Crippen molar-refractivity contribution in [2.24, 2.45) is 5.92 Å². The minimum atomic E-state index is -0.251. The second-order valence-electron chi connectivity index (χ2n) is 7.85. The molecule has 1 unspecified atom stereocenters. The third kappa shape index (κ3) is 4.53. The van der Waals surface area contributed by atoms with Gasteiger partial charge in [0.2, 0.25) is 11.8 Å². The number of hydrogen-bond donors (Lipinski definition) is 2. The molecular formula is C24H26FN3O2. The van der Waals surface area contributed by atoms with Crippen LogP contribution in [0.3, 0.4) is 0 Å². The molecule has 2 aromatic carbocycles. The van der Waals surface area contributed by atoms with E-state index in [0.29, 0.717) is 38.0 Å². The zero-order valence-corrected chi connectivity index (χ0v) is 16.9. The Balaban J connectivity index is 1.30. The average Bonchev–Trinajstić information content (AvgIpc) is 3.18. The predicted octanol–water partition coefficient (Wildman–Crippen LogP) is 3.45. The fourth-order valence-electron chi connectivity index (χ4n) is 4.14. The van der Waals surface area contributed by atoms with Gasteiger partial charge < -0.3 is 15.2 Å². The van der Waals surface area contributed by atoms with Crippen LogP contribution in [0.15, 0.2) is 54.7 Å². The number of nitrogens with zero attached hydrogens (tertiary/aromatic N) is 1. The first-order chi connectivity index (χ1) is 14.6. The zero-order valence-electron chi connectivity index (χ0n) is 16.9. The van der Waals surface area contributed by atoms with Gasteiger partial charge in [0, 0.05) is 36.7 Å². The largest absolute Gasteiger partial charge is 0.361 e. The van der Waals surface area contributed by atoms with E-state index in [4.69, 9.17) is 0 Å². The third-order valence-electron chi connectivity index (χ3n) is 5.81. The first-order valence-electron chi connectivity index (χ1n) is 10.5. The van der Waals surface area contributed by atoms with Crippen LogP contribution in [0, 0.1) is 11.7 Å². The number of nitrogens with one attached hydrogen (secondary N) is 2. The molecule has 2 heterocycles. The topological polar surface area (TPSA) is 65.2 Å². The number of piperidine rings is 1. The molecular weight excluding hydrogens is 381 g/mol. The summed E-state index contributed by atoms with van der Waals surface area (Å²) in [6, 6.07) is 14.5. The minimum absolute atomic E-state index is 0.0450. The number of fused-ring (bicyclic) bond motifs is 1. The molecule has 6 heteroatoms. The van der Waals surface area contributed by atoms with Crippen LogP contribution in [0.2, 0.25) is 0 Å². The lowest BCUT2D eigenvalue weighted by Gasteiger charge is -2.32. The highest BCUT2D eigenvalue weighted by Crippen LogP contribution is 2.21. The monoisotopic (exact) mass is 407 g/mol. The van der Waals surface area contributed by atoms with Gasteiger partial charge >= 0.3 is 0 Å². The van der Waals surface area contributed by atoms with Gasteiger partial charge in [0.05, 0.1) is 12.3 Å². The molecule has 2 amide bonds. The Morgan fingerprint density at radius 2 is 1.90 bits per heavy atom. The SMILES string of the molecule is O=C(NCCc1ccccc1F)C1CCCN(C(=O)Cc2c[nH]c3ccccc23)C1. The first kappa shape index (κ1) is 20.1. The Morgan fingerprint density at radius 3 is 2.77 bits per heavy atom. The Kier molecular flexibility index (Phi) is 6.12. The number of aromatic amines is 1. The standard InChI is InChI=1S/C24H26FN3O2/c25-21-9-3-1-6-17(21)11-12-26-24(30)18-7-5-13-28(16-18)23(29)14-19-15-27-22-10-4-2-8-20(19)22/h1-4,6,8-10,15,18,27H,5,7,11-14,16H2,(H,26,30). The Morgan fingerprint density at radius 1 is 1.10 bits per heavy atom. The fraction of sp³-hybridized carbons (Fsp3) is 0.333. The van der Waals surface area contributed by atoms with E-state index in [0.717, 1.165) is 29.3 Å². The molecule has 0 saturated carbocycles. The van der Waals surface area contributed by atoms with E-state index in [1.165, 1.54) is 6.07 Å². The van der Waals surface area contributed by atoms with E-state index >= 15 is 0 Å². The van der Waals surface area contributed by atoms with Crippen molar-refractivity contribution < 1.29 is 14.0 Å². The van der Waals surface area contributed by atoms with Gasteiger partial charge in [-0.1, -0.05) is 36.4 Å². The minimum Gasteiger partial charge on any atom is -0.361 e. The van der Waals surface area contributed by atoms with Gasteiger partial charge in [0.1, 0.15) is 5.82 Å². The fourth-order valence-corrected chi connectivity index (χ4v) is 4.14. The number of carbonyl (C=O) groups excluding carboxylic acids is 2. The van der Waals surface area contributed by atoms with Crippen molar-refractivity contribution in [2.75, 3.05) is 19.6 Å². The summed E-state index contributed by atoms with van der Waals surface area (Å²) in [4.78, 5) is 30.4. The van der Waals surface area contributed by atoms with Crippen LogP contribution < -0.4 is 5.32 Å². The van der Waals surface area contributed by atoms with Crippen molar-refractivity contribution in [3.05, 3.63) is 71.7 Å². The van der Waals surface area contributed by atoms with Crippen molar-refractivity contribution in [3.63, 3.8) is 0 Å². The van der Waals surface area contributed by atoms with E-state index in [2.05, 4.69) is 10.3 Å². The number of benzene rings is 2. The molecule has 1 aliphatic rings. The predicted molar refractivity (Wildman–Crippen MR) is 114 cm³/mol. The van der Waals surface area contributed by atoms with Crippen molar-refractivity contribution in [1.29, 1.82) is 0 Å². The maximum atomic E-state index is 13.7. The molecule has 5 nitrogen and oxygen atoms in total. The molecule has 0 aliphatic carbocycles. The van der Waals surface area contributed by atoms with Gasteiger partial charge in [-0.3, -0.25) is 9.59 Å². The molecule has 4 rings (SSSR count). The summed E-state index contributed by atoms with van der Waals surface area (Å²) in [5.74, 6) is -0.482. The smallest absolute Gasteiger partial charge is 0.227 e. The van der Waals surface area contributed by atoms with Crippen LogP contribution in [-0.4, -0.2) is 41.3 Å². The van der Waals surface area contributed by atoms with E-state index in [-0.39, 0.29) is 23.5 Å². The Hall–Kier alpha value is -3.15. The van der Waals surface area contributed by atoms with E-state index in [9.17, 15) is 14.0 Å². The number of amides is 2. The summed E-state index contributed by atoms with van der Waals surface area (Å²) >= 11 is 0. The molecule has 0 radical (unpaired) electrons. The Labute approximate surface area is 175 Å². The number of H-pyrrole nitrogens is 1. The van der Waals surface area contributed by atoms with Crippen LogP contribution in [0.25, 0.3) is 10.9 Å². The van der Waals surface area contributed by atoms with Crippen LogP contribution in [-0.2, 0) is 22.4 Å². The van der Waals surface area contributed by atoms with Crippen LogP contribution in [0.1, 0.15) is 24.0 Å². The van der Waals surface area contributed by atoms with Gasteiger partial charge in [-0.25, -0.2) is 4.39 Å². The van der Waals surface area contributed by atoms with E-state index in [1.807, 2.05) is 30.5 Å². The number of rotatable bonds is 6. The number of para-hydroxylation sites is 1. The lowest BCUT2D eigenvalue weighted by molar-refractivity contribution is -0.135. The molecule has 156 valence electrons. The van der Waals surface area contributed by atoms with Gasteiger partial charge in [-0.2, -0.15) is 0 Å². The highest BCUT2D eigenvalue weighted by atomic mass is 19.1. The van der Waals surface area contributed by atoms with Crippen LogP contribution in [0.4, 0.5) is 4.39 Å². The lowest BCUT2D eigenvalue weighted by atomic mass is 9.96. The molecule has 3 aromatic rings. The number of hydrogen-bond acceptors (Lipinski definition) is 2. The molecule has 30 heavy (non-hydrogen) atoms. The summed E-state index contributed by atoms with van der Waals surface area (Å²) in [5, 5.41) is 3.97. The van der Waals surface area contributed by atoms with E-state index < -0.39 is 0 Å². The molecule has 1 atom stereocenters. The van der Waals surface area contributed by atoms with Gasteiger partial charge in [-0.15, -0.1) is 0 Å². The van der Waals surface area contributed by atoms with Gasteiger partial charge in [-0.05, 0) is 42.5 Å². The molecule has 1 fully saturated rings. The van der Waals surface area contributed by atoms with Crippen molar-refractivity contribution in [2.45, 2.75) is 25.7 Å². The second-order valence-corrected chi connectivity index (χ2v) is 7.85. The zero-order chi connectivity index (χ0) is 20.9. The molecule has 0 bridgehead atoms. The summed E-state index contributed by atoms with van der Waals surface area (Å²) in [5.41, 5.74) is 2.59. The highest BCUT2D eigenvalue weighted by Gasteiger charge is 2.28. The summed E-state index contributed by atoms with van der Waals surface area (Å²) in [7, 11) is 0. The average molecular weight is 407 g/mol. The highest BCUT2D eigenvalue weighted by molar-refractivity contribution is 5.89. The number of aromatic nitrogens is 1. The maximum Gasteiger partial charge on any atom is 0.227 e. The summed E-state index contributed by atoms with van der Waals surface area (Å²) in [6.07, 6.45) is 4.24. The lowest BCUT2D eigenvalue weighted by Crippen LogP contribution is -2.46. The van der Waals surface area contributed by atoms with Crippen molar-refractivity contribution in [1.82, 2.24) is 15.2 Å². The molecule has 2 N–H and O–H groups in total. The van der Waals surface area contributed by atoms with E-state index in [1.54, 1.807) is 23.1 Å². The summed E-state index contributed by atoms with van der Waals surface area (Å²) < 4.78 is 13.7.